The Balaban J connectivity index is 1.71. The first kappa shape index (κ1) is 17.2. The summed E-state index contributed by atoms with van der Waals surface area (Å²) in [7, 11) is 3.03. The molecule has 0 radical (unpaired) electrons. The Hall–Kier alpha value is -2.19. The van der Waals surface area contributed by atoms with Crippen LogP contribution in [0.15, 0.2) is 12.3 Å². The van der Waals surface area contributed by atoms with Crippen LogP contribution in [0.2, 0.25) is 0 Å². The zero-order chi connectivity index (χ0) is 18.5. The maximum absolute atomic E-state index is 12.1. The Morgan fingerprint density at radius 3 is 2.81 bits per heavy atom. The number of esters is 1. The molecule has 8 nitrogen and oxygen atoms in total. The van der Waals surface area contributed by atoms with Gasteiger partial charge in [-0.25, -0.2) is 4.79 Å². The molecule has 2 bridgehead atoms. The van der Waals surface area contributed by atoms with E-state index in [0.29, 0.717) is 24.4 Å². The molecule has 3 fully saturated rings. The number of nitrogens with zero attached hydrogens (tertiary/aromatic N) is 3. The number of pyridine rings is 1. The average molecular weight is 361 g/mol. The number of ether oxygens (including phenoxy) is 4. The average Bonchev–Trinajstić information content (AvgIpc) is 3.24. The Labute approximate surface area is 151 Å². The third-order valence-electron chi connectivity index (χ3n) is 5.06. The van der Waals surface area contributed by atoms with Crippen LogP contribution in [0.25, 0.3) is 11.0 Å². The second kappa shape index (κ2) is 5.92. The lowest BCUT2D eigenvalue weighted by molar-refractivity contribution is -0.0694. The van der Waals surface area contributed by atoms with Gasteiger partial charge in [0.25, 0.3) is 0 Å². The van der Waals surface area contributed by atoms with Gasteiger partial charge in [0.1, 0.15) is 5.56 Å². The molecule has 3 aliphatic rings. The Morgan fingerprint density at radius 1 is 1.38 bits per heavy atom. The predicted molar refractivity (Wildman–Crippen MR) is 92.4 cm³/mol. The lowest BCUT2D eigenvalue weighted by Gasteiger charge is -2.43. The van der Waals surface area contributed by atoms with Gasteiger partial charge in [0, 0.05) is 31.5 Å². The molecule has 4 heterocycles. The van der Waals surface area contributed by atoms with Gasteiger partial charge >= 0.3 is 5.97 Å². The Bertz CT molecular complexity index is 854. The fourth-order valence-corrected chi connectivity index (χ4v) is 4.03. The van der Waals surface area contributed by atoms with Crippen molar-refractivity contribution in [2.45, 2.75) is 43.9 Å². The first-order valence-electron chi connectivity index (χ1n) is 8.69. The van der Waals surface area contributed by atoms with Crippen molar-refractivity contribution in [3.8, 4) is 5.88 Å². The number of rotatable bonds is 6. The van der Waals surface area contributed by atoms with E-state index in [9.17, 15) is 4.79 Å². The van der Waals surface area contributed by atoms with Gasteiger partial charge in [-0.15, -0.1) is 0 Å². The third kappa shape index (κ3) is 2.55. The van der Waals surface area contributed by atoms with E-state index in [1.807, 2.05) is 24.7 Å². The standard InChI is InChI=1S/C18H23N3O5/c1-11(2)26-15-13(16(22)24-4)5-12-6-21(20-14(12)19-15)17-7-18(8-17,10-23-3)25-9-17/h5-6,11H,7-10H2,1-4H3. The van der Waals surface area contributed by atoms with E-state index in [-0.39, 0.29) is 23.1 Å². The summed E-state index contributed by atoms with van der Waals surface area (Å²) in [6.45, 7) is 4.95. The van der Waals surface area contributed by atoms with E-state index in [4.69, 9.17) is 18.9 Å². The van der Waals surface area contributed by atoms with E-state index in [1.54, 1.807) is 13.2 Å². The zero-order valence-electron chi connectivity index (χ0n) is 15.4. The molecule has 140 valence electrons. The quantitative estimate of drug-likeness (QED) is 0.727. The van der Waals surface area contributed by atoms with Crippen LogP contribution in [0.3, 0.4) is 0 Å². The van der Waals surface area contributed by atoms with Crippen molar-refractivity contribution in [3.05, 3.63) is 17.8 Å². The summed E-state index contributed by atoms with van der Waals surface area (Å²) in [6.07, 6.45) is 3.52. The van der Waals surface area contributed by atoms with Crippen molar-refractivity contribution in [2.24, 2.45) is 0 Å². The van der Waals surface area contributed by atoms with Crippen molar-refractivity contribution < 1.29 is 23.7 Å². The lowest BCUT2D eigenvalue weighted by Crippen LogP contribution is -2.53. The molecule has 26 heavy (non-hydrogen) atoms. The largest absolute Gasteiger partial charge is 0.474 e. The van der Waals surface area contributed by atoms with E-state index in [0.717, 1.165) is 18.2 Å². The maximum atomic E-state index is 12.1. The van der Waals surface area contributed by atoms with Crippen LogP contribution >= 0.6 is 0 Å². The minimum atomic E-state index is -0.479. The van der Waals surface area contributed by atoms with Crippen molar-refractivity contribution in [1.29, 1.82) is 0 Å². The Morgan fingerprint density at radius 2 is 2.15 bits per heavy atom. The summed E-state index contributed by atoms with van der Waals surface area (Å²) >= 11 is 0. The van der Waals surface area contributed by atoms with Crippen LogP contribution < -0.4 is 4.74 Å². The molecule has 0 spiro atoms. The lowest BCUT2D eigenvalue weighted by atomic mass is 9.69. The molecular formula is C18H23N3O5. The highest BCUT2D eigenvalue weighted by atomic mass is 16.6. The highest BCUT2D eigenvalue weighted by Crippen LogP contribution is 2.56. The first-order valence-corrected chi connectivity index (χ1v) is 8.69. The van der Waals surface area contributed by atoms with Gasteiger partial charge in [-0.3, -0.25) is 4.68 Å². The van der Waals surface area contributed by atoms with Gasteiger partial charge < -0.3 is 18.9 Å². The molecule has 0 atom stereocenters. The summed E-state index contributed by atoms with van der Waals surface area (Å²) in [4.78, 5) is 16.6. The van der Waals surface area contributed by atoms with Crippen molar-refractivity contribution >= 4 is 17.0 Å². The summed E-state index contributed by atoms with van der Waals surface area (Å²) in [5, 5.41) is 5.41. The van der Waals surface area contributed by atoms with Gasteiger partial charge in [-0.2, -0.15) is 10.1 Å². The fraction of sp³-hybridized carbons (Fsp3) is 0.611. The predicted octanol–water partition coefficient (Wildman–Crippen LogP) is 1.91. The summed E-state index contributed by atoms with van der Waals surface area (Å²) in [5.41, 5.74) is 0.488. The summed E-state index contributed by atoms with van der Waals surface area (Å²) in [5.74, 6) is -0.236. The Kier molecular flexibility index (Phi) is 3.92. The van der Waals surface area contributed by atoms with Crippen LogP contribution in [0.1, 0.15) is 37.0 Å². The highest BCUT2D eigenvalue weighted by Gasteiger charge is 2.64. The molecule has 0 unspecified atom stereocenters. The molecule has 2 aromatic rings. The summed E-state index contributed by atoms with van der Waals surface area (Å²) < 4.78 is 23.7. The monoisotopic (exact) mass is 361 g/mol. The van der Waals surface area contributed by atoms with Crippen molar-refractivity contribution in [3.63, 3.8) is 0 Å². The molecule has 8 heteroatoms. The van der Waals surface area contributed by atoms with E-state index >= 15 is 0 Å². The fourth-order valence-electron chi connectivity index (χ4n) is 4.03. The molecule has 1 aliphatic carbocycles. The minimum absolute atomic E-state index is 0.117. The summed E-state index contributed by atoms with van der Waals surface area (Å²) in [6, 6.07) is 1.73. The number of aromatic nitrogens is 3. The van der Waals surface area contributed by atoms with Gasteiger partial charge in [0.2, 0.25) is 5.88 Å². The van der Waals surface area contributed by atoms with E-state index < -0.39 is 5.97 Å². The number of hydrogen-bond acceptors (Lipinski definition) is 7. The molecule has 1 saturated carbocycles. The number of carbonyl (C=O) groups is 1. The van der Waals surface area contributed by atoms with E-state index in [1.165, 1.54) is 7.11 Å². The molecule has 2 saturated heterocycles. The molecule has 0 aromatic carbocycles. The molecule has 5 rings (SSSR count). The van der Waals surface area contributed by atoms with Gasteiger partial charge in [0.15, 0.2) is 5.65 Å². The van der Waals surface area contributed by atoms with Crippen LogP contribution in [0.5, 0.6) is 5.88 Å². The molecule has 0 amide bonds. The van der Waals surface area contributed by atoms with Crippen LogP contribution in [0, 0.1) is 0 Å². The van der Waals surface area contributed by atoms with Gasteiger partial charge in [-0.1, -0.05) is 0 Å². The smallest absolute Gasteiger partial charge is 0.343 e. The zero-order valence-corrected chi connectivity index (χ0v) is 15.4. The van der Waals surface area contributed by atoms with Crippen LogP contribution in [-0.4, -0.2) is 59.9 Å². The highest BCUT2D eigenvalue weighted by molar-refractivity contribution is 5.95. The number of fused-ring (bicyclic) bond motifs is 2. The van der Waals surface area contributed by atoms with Gasteiger partial charge in [-0.05, 0) is 19.9 Å². The normalized spacial score (nSPS) is 27.0. The number of hydrogen-bond donors (Lipinski definition) is 0. The molecule has 2 aliphatic heterocycles. The molecular weight excluding hydrogens is 338 g/mol. The molecule has 0 N–H and O–H groups in total. The number of carbonyl (C=O) groups excluding carboxylic acids is 1. The van der Waals surface area contributed by atoms with Crippen molar-refractivity contribution in [1.82, 2.24) is 14.8 Å². The third-order valence-corrected chi connectivity index (χ3v) is 5.06. The first-order chi connectivity index (χ1) is 12.4. The van der Waals surface area contributed by atoms with Crippen LogP contribution in [-0.2, 0) is 19.7 Å². The minimum Gasteiger partial charge on any atom is -0.474 e. The SMILES string of the molecule is COCC12CC(n3cc4cc(C(=O)OC)c(OC(C)C)nc4n3)(CO1)C2. The second-order valence-corrected chi connectivity index (χ2v) is 7.47. The van der Waals surface area contributed by atoms with Gasteiger partial charge in [0.05, 0.1) is 37.6 Å². The maximum Gasteiger partial charge on any atom is 0.343 e. The topological polar surface area (TPSA) is 84.7 Å². The van der Waals surface area contributed by atoms with E-state index in [2.05, 4.69) is 10.1 Å². The van der Waals surface area contributed by atoms with Crippen molar-refractivity contribution in [2.75, 3.05) is 27.4 Å². The molecule has 2 aromatic heterocycles. The number of methoxy groups -OCH3 is 2. The second-order valence-electron chi connectivity index (χ2n) is 7.47. The van der Waals surface area contributed by atoms with Crippen LogP contribution in [0.4, 0.5) is 0 Å².